The highest BCUT2D eigenvalue weighted by Gasteiger charge is 2.29. The molecule has 1 heterocycles. The summed E-state index contributed by atoms with van der Waals surface area (Å²) in [6.07, 6.45) is 2.49. The Morgan fingerprint density at radius 1 is 1.16 bits per heavy atom. The largest absolute Gasteiger partial charge is 0.444 e. The molecule has 1 unspecified atom stereocenters. The van der Waals surface area contributed by atoms with Crippen LogP contribution in [0.15, 0.2) is 4.99 Å². The zero-order valence-corrected chi connectivity index (χ0v) is 15.7. The Morgan fingerprint density at radius 3 is 2.44 bits per heavy atom. The van der Waals surface area contributed by atoms with Crippen molar-refractivity contribution in [3.63, 3.8) is 0 Å². The van der Waals surface area contributed by atoms with Crippen molar-refractivity contribution in [3.05, 3.63) is 0 Å². The van der Waals surface area contributed by atoms with Crippen molar-refractivity contribution < 1.29 is 14.3 Å². The molecule has 2 rings (SSSR count). The first-order valence-electron chi connectivity index (χ1n) is 9.01. The SMILES string of the molecule is CN=C(NCCNC(=O)C1CC1)N1CCC(NC(=O)OC(C)(C)C)C1. The van der Waals surface area contributed by atoms with Crippen LogP contribution in [0.25, 0.3) is 0 Å². The summed E-state index contributed by atoms with van der Waals surface area (Å²) in [6, 6.07) is 0.0444. The Bertz CT molecular complexity index is 511. The predicted molar refractivity (Wildman–Crippen MR) is 96.4 cm³/mol. The van der Waals surface area contributed by atoms with Gasteiger partial charge in [-0.1, -0.05) is 0 Å². The van der Waals surface area contributed by atoms with Crippen molar-refractivity contribution in [2.24, 2.45) is 10.9 Å². The van der Waals surface area contributed by atoms with E-state index in [-0.39, 0.29) is 24.0 Å². The van der Waals surface area contributed by atoms with E-state index in [1.807, 2.05) is 20.8 Å². The Morgan fingerprint density at radius 2 is 1.84 bits per heavy atom. The normalized spacial score (nSPS) is 21.0. The van der Waals surface area contributed by atoms with Gasteiger partial charge in [0, 0.05) is 39.1 Å². The maximum Gasteiger partial charge on any atom is 0.407 e. The molecular formula is C17H31N5O3. The van der Waals surface area contributed by atoms with Gasteiger partial charge in [0.2, 0.25) is 5.91 Å². The molecule has 8 heteroatoms. The number of hydrogen-bond acceptors (Lipinski definition) is 4. The van der Waals surface area contributed by atoms with E-state index >= 15 is 0 Å². The van der Waals surface area contributed by atoms with Crippen LogP contribution in [0.5, 0.6) is 0 Å². The topological polar surface area (TPSA) is 95.1 Å². The van der Waals surface area contributed by atoms with Gasteiger partial charge in [0.25, 0.3) is 0 Å². The number of rotatable bonds is 5. The van der Waals surface area contributed by atoms with Crippen LogP contribution in [0.4, 0.5) is 4.79 Å². The monoisotopic (exact) mass is 353 g/mol. The number of ether oxygens (including phenoxy) is 1. The van der Waals surface area contributed by atoms with Gasteiger partial charge in [0.15, 0.2) is 5.96 Å². The number of alkyl carbamates (subject to hydrolysis) is 1. The van der Waals surface area contributed by atoms with Crippen molar-refractivity contribution in [2.45, 2.75) is 51.7 Å². The fourth-order valence-electron chi connectivity index (χ4n) is 2.73. The van der Waals surface area contributed by atoms with E-state index in [0.717, 1.165) is 31.8 Å². The second-order valence-corrected chi connectivity index (χ2v) is 7.62. The minimum absolute atomic E-state index is 0.0444. The summed E-state index contributed by atoms with van der Waals surface area (Å²) in [7, 11) is 1.74. The van der Waals surface area contributed by atoms with Gasteiger partial charge in [-0.05, 0) is 40.0 Å². The molecule has 0 aromatic carbocycles. The zero-order valence-electron chi connectivity index (χ0n) is 15.7. The molecule has 1 aliphatic heterocycles. The third-order valence-corrected chi connectivity index (χ3v) is 4.08. The molecule has 1 saturated heterocycles. The number of guanidine groups is 1. The van der Waals surface area contributed by atoms with E-state index in [1.165, 1.54) is 0 Å². The minimum atomic E-state index is -0.495. The Labute approximate surface area is 149 Å². The summed E-state index contributed by atoms with van der Waals surface area (Å²) in [5.74, 6) is 1.17. The van der Waals surface area contributed by atoms with Gasteiger partial charge >= 0.3 is 6.09 Å². The molecule has 0 radical (unpaired) electrons. The van der Waals surface area contributed by atoms with E-state index < -0.39 is 5.60 Å². The molecular weight excluding hydrogens is 322 g/mol. The van der Waals surface area contributed by atoms with Crippen molar-refractivity contribution in [3.8, 4) is 0 Å². The van der Waals surface area contributed by atoms with Crippen molar-refractivity contribution >= 4 is 18.0 Å². The second kappa shape index (κ2) is 8.40. The fourth-order valence-corrected chi connectivity index (χ4v) is 2.73. The molecule has 0 spiro atoms. The third-order valence-electron chi connectivity index (χ3n) is 4.08. The molecule has 25 heavy (non-hydrogen) atoms. The molecule has 3 N–H and O–H groups in total. The van der Waals surface area contributed by atoms with Gasteiger partial charge in [-0.25, -0.2) is 4.79 Å². The van der Waals surface area contributed by atoms with Gasteiger partial charge in [-0.2, -0.15) is 0 Å². The number of carbonyl (C=O) groups excluding carboxylic acids is 2. The smallest absolute Gasteiger partial charge is 0.407 e. The number of hydrogen-bond donors (Lipinski definition) is 3. The van der Waals surface area contributed by atoms with Crippen LogP contribution < -0.4 is 16.0 Å². The number of nitrogens with zero attached hydrogens (tertiary/aromatic N) is 2. The molecule has 2 fully saturated rings. The zero-order chi connectivity index (χ0) is 18.4. The quantitative estimate of drug-likeness (QED) is 0.384. The Balaban J connectivity index is 1.67. The minimum Gasteiger partial charge on any atom is -0.444 e. The average molecular weight is 353 g/mol. The highest BCUT2D eigenvalue weighted by atomic mass is 16.6. The molecule has 8 nitrogen and oxygen atoms in total. The first-order chi connectivity index (χ1) is 11.8. The van der Waals surface area contributed by atoms with Crippen LogP contribution in [0.1, 0.15) is 40.0 Å². The molecule has 0 aromatic heterocycles. The van der Waals surface area contributed by atoms with Crippen LogP contribution in [-0.4, -0.2) is 67.7 Å². The molecule has 1 saturated carbocycles. The van der Waals surface area contributed by atoms with Crippen LogP contribution in [0.3, 0.4) is 0 Å². The molecule has 1 atom stereocenters. The molecule has 1 aliphatic carbocycles. The third kappa shape index (κ3) is 6.80. The summed E-state index contributed by atoms with van der Waals surface area (Å²) >= 11 is 0. The van der Waals surface area contributed by atoms with Gasteiger partial charge in [0.05, 0.1) is 6.04 Å². The lowest BCUT2D eigenvalue weighted by atomic mass is 10.2. The van der Waals surface area contributed by atoms with Crippen molar-refractivity contribution in [1.29, 1.82) is 0 Å². The fraction of sp³-hybridized carbons (Fsp3) is 0.824. The summed E-state index contributed by atoms with van der Waals surface area (Å²) in [6.45, 7) is 8.26. The number of carbonyl (C=O) groups is 2. The summed E-state index contributed by atoms with van der Waals surface area (Å²) < 4.78 is 5.29. The molecule has 2 amide bonds. The van der Waals surface area contributed by atoms with Crippen LogP contribution >= 0.6 is 0 Å². The van der Waals surface area contributed by atoms with Crippen LogP contribution in [-0.2, 0) is 9.53 Å². The van der Waals surface area contributed by atoms with E-state index in [4.69, 9.17) is 4.74 Å². The van der Waals surface area contributed by atoms with E-state index in [2.05, 4.69) is 25.8 Å². The van der Waals surface area contributed by atoms with Gasteiger partial charge in [-0.15, -0.1) is 0 Å². The average Bonchev–Trinajstić information content (AvgIpc) is 3.26. The maximum atomic E-state index is 11.9. The lowest BCUT2D eigenvalue weighted by molar-refractivity contribution is -0.122. The van der Waals surface area contributed by atoms with E-state index in [0.29, 0.717) is 19.6 Å². The lowest BCUT2D eigenvalue weighted by Crippen LogP contribution is -2.45. The molecule has 0 bridgehead atoms. The molecule has 2 aliphatic rings. The number of aliphatic imine (C=N–C) groups is 1. The van der Waals surface area contributed by atoms with Crippen molar-refractivity contribution in [2.75, 3.05) is 33.2 Å². The second-order valence-electron chi connectivity index (χ2n) is 7.62. The van der Waals surface area contributed by atoms with Gasteiger partial charge in [0.1, 0.15) is 5.60 Å². The Kier molecular flexibility index (Phi) is 6.50. The predicted octanol–water partition coefficient (Wildman–Crippen LogP) is 0.687. The number of amides is 2. The van der Waals surface area contributed by atoms with Crippen molar-refractivity contribution in [1.82, 2.24) is 20.9 Å². The first kappa shape index (κ1) is 19.3. The van der Waals surface area contributed by atoms with E-state index in [1.54, 1.807) is 7.05 Å². The van der Waals surface area contributed by atoms with Crippen LogP contribution in [0.2, 0.25) is 0 Å². The van der Waals surface area contributed by atoms with Gasteiger partial charge < -0.3 is 25.6 Å². The number of nitrogens with one attached hydrogen (secondary N) is 3. The summed E-state index contributed by atoms with van der Waals surface area (Å²) in [5, 5.41) is 9.08. The van der Waals surface area contributed by atoms with Crippen LogP contribution in [0, 0.1) is 5.92 Å². The summed E-state index contributed by atoms with van der Waals surface area (Å²) in [4.78, 5) is 29.8. The molecule has 142 valence electrons. The number of likely N-dealkylation sites (tertiary alicyclic amines) is 1. The highest BCUT2D eigenvalue weighted by molar-refractivity contribution is 5.81. The van der Waals surface area contributed by atoms with E-state index in [9.17, 15) is 9.59 Å². The highest BCUT2D eigenvalue weighted by Crippen LogP contribution is 2.28. The van der Waals surface area contributed by atoms with Gasteiger partial charge in [-0.3, -0.25) is 9.79 Å². The Hall–Kier alpha value is -1.99. The standard InChI is InChI=1S/C17H31N5O3/c1-17(2,3)25-16(24)21-13-7-10-22(11-13)15(18-4)20-9-8-19-14(23)12-5-6-12/h12-13H,5-11H2,1-4H3,(H,18,20)(H,19,23)(H,21,24). The maximum absolute atomic E-state index is 11.9. The summed E-state index contributed by atoms with van der Waals surface area (Å²) in [5.41, 5.74) is -0.495. The molecule has 0 aromatic rings. The lowest BCUT2D eigenvalue weighted by Gasteiger charge is -2.23. The first-order valence-corrected chi connectivity index (χ1v) is 9.01.